The Bertz CT molecular complexity index is 965. The van der Waals surface area contributed by atoms with E-state index in [4.69, 9.17) is 14.2 Å². The normalized spacial score (nSPS) is 11.1. The highest BCUT2D eigenvalue weighted by molar-refractivity contribution is 5.93. The van der Waals surface area contributed by atoms with Crippen molar-refractivity contribution in [3.05, 3.63) is 89.6 Å². The second-order valence-electron chi connectivity index (χ2n) is 8.30. The standard InChI is InChI=1S/C26H30N2O4/c1-26(2,3)32-16-15-30-24-14-11-22(18-27-24)25(29)28-17-20-9-12-23(13-10-20)31-19-21-7-5-4-6-8-21/h4-14,18H,15-17,19H2,1-3H3,(H,28,29). The summed E-state index contributed by atoms with van der Waals surface area (Å²) in [5.74, 6) is 1.06. The second kappa shape index (κ2) is 11.3. The minimum Gasteiger partial charge on any atom is -0.489 e. The molecule has 168 valence electrons. The lowest BCUT2D eigenvalue weighted by Crippen LogP contribution is -2.23. The van der Waals surface area contributed by atoms with Crippen molar-refractivity contribution in [1.82, 2.24) is 10.3 Å². The van der Waals surface area contributed by atoms with Gasteiger partial charge in [0, 0.05) is 18.8 Å². The molecule has 0 spiro atoms. The van der Waals surface area contributed by atoms with Gasteiger partial charge < -0.3 is 19.5 Å². The van der Waals surface area contributed by atoms with Crippen molar-refractivity contribution in [2.75, 3.05) is 13.2 Å². The van der Waals surface area contributed by atoms with Crippen molar-refractivity contribution in [3.63, 3.8) is 0 Å². The van der Waals surface area contributed by atoms with E-state index in [9.17, 15) is 4.79 Å². The highest BCUT2D eigenvalue weighted by Crippen LogP contribution is 2.15. The third kappa shape index (κ3) is 8.04. The highest BCUT2D eigenvalue weighted by atomic mass is 16.5. The van der Waals surface area contributed by atoms with E-state index < -0.39 is 0 Å². The zero-order valence-corrected chi connectivity index (χ0v) is 18.8. The van der Waals surface area contributed by atoms with Gasteiger partial charge in [0.05, 0.1) is 17.8 Å². The van der Waals surface area contributed by atoms with Gasteiger partial charge in [0.25, 0.3) is 5.91 Å². The maximum absolute atomic E-state index is 12.4. The molecule has 32 heavy (non-hydrogen) atoms. The van der Waals surface area contributed by atoms with Gasteiger partial charge in [-0.05, 0) is 50.1 Å². The molecule has 0 bridgehead atoms. The lowest BCUT2D eigenvalue weighted by molar-refractivity contribution is -0.0168. The van der Waals surface area contributed by atoms with Crippen LogP contribution in [0.25, 0.3) is 0 Å². The summed E-state index contributed by atoms with van der Waals surface area (Å²) in [4.78, 5) is 16.6. The quantitative estimate of drug-likeness (QED) is 0.465. The van der Waals surface area contributed by atoms with Crippen LogP contribution in [0.1, 0.15) is 42.3 Å². The zero-order valence-electron chi connectivity index (χ0n) is 18.8. The number of carbonyl (C=O) groups is 1. The first kappa shape index (κ1) is 23.3. The topological polar surface area (TPSA) is 69.7 Å². The van der Waals surface area contributed by atoms with Crippen LogP contribution in [0.4, 0.5) is 0 Å². The average Bonchev–Trinajstić information content (AvgIpc) is 2.80. The summed E-state index contributed by atoms with van der Waals surface area (Å²) in [6.07, 6.45) is 1.51. The molecule has 3 rings (SSSR count). The molecule has 0 fully saturated rings. The molecular weight excluding hydrogens is 404 g/mol. The molecule has 0 saturated carbocycles. The van der Waals surface area contributed by atoms with Crippen LogP contribution in [0.5, 0.6) is 11.6 Å². The predicted molar refractivity (Wildman–Crippen MR) is 124 cm³/mol. The highest BCUT2D eigenvalue weighted by Gasteiger charge is 2.10. The number of hydrogen-bond acceptors (Lipinski definition) is 5. The molecule has 1 amide bonds. The van der Waals surface area contributed by atoms with Crippen LogP contribution in [0.3, 0.4) is 0 Å². The lowest BCUT2D eigenvalue weighted by atomic mass is 10.2. The number of benzene rings is 2. The van der Waals surface area contributed by atoms with E-state index in [-0.39, 0.29) is 11.5 Å². The van der Waals surface area contributed by atoms with Crippen LogP contribution in [0.15, 0.2) is 72.9 Å². The Morgan fingerprint density at radius 1 is 0.875 bits per heavy atom. The van der Waals surface area contributed by atoms with Gasteiger partial charge in [-0.25, -0.2) is 4.98 Å². The molecule has 6 nitrogen and oxygen atoms in total. The molecule has 2 aromatic carbocycles. The smallest absolute Gasteiger partial charge is 0.253 e. The van der Waals surface area contributed by atoms with Crippen molar-refractivity contribution >= 4 is 5.91 Å². The van der Waals surface area contributed by atoms with Gasteiger partial charge in [-0.1, -0.05) is 42.5 Å². The number of nitrogens with zero attached hydrogens (tertiary/aromatic N) is 1. The van der Waals surface area contributed by atoms with Gasteiger partial charge in [0.1, 0.15) is 19.0 Å². The summed E-state index contributed by atoms with van der Waals surface area (Å²) in [6.45, 7) is 7.80. The summed E-state index contributed by atoms with van der Waals surface area (Å²) in [5.41, 5.74) is 2.38. The van der Waals surface area contributed by atoms with Gasteiger partial charge in [-0.3, -0.25) is 4.79 Å². The van der Waals surface area contributed by atoms with Crippen LogP contribution >= 0.6 is 0 Å². The van der Waals surface area contributed by atoms with Gasteiger partial charge in [0.15, 0.2) is 0 Å². The van der Waals surface area contributed by atoms with Crippen molar-refractivity contribution in [3.8, 4) is 11.6 Å². The van der Waals surface area contributed by atoms with E-state index >= 15 is 0 Å². The summed E-state index contributed by atoms with van der Waals surface area (Å²) >= 11 is 0. The third-order valence-corrected chi connectivity index (χ3v) is 4.49. The molecule has 0 saturated heterocycles. The molecule has 3 aromatic rings. The summed E-state index contributed by atoms with van der Waals surface area (Å²) in [6, 6.07) is 21.1. The Morgan fingerprint density at radius 2 is 1.62 bits per heavy atom. The second-order valence-corrected chi connectivity index (χ2v) is 8.30. The molecular formula is C26H30N2O4. The lowest BCUT2D eigenvalue weighted by Gasteiger charge is -2.19. The zero-order chi connectivity index (χ0) is 22.8. The Hall–Kier alpha value is -3.38. The van der Waals surface area contributed by atoms with Crippen LogP contribution in [0, 0.1) is 0 Å². The van der Waals surface area contributed by atoms with Crippen molar-refractivity contribution in [1.29, 1.82) is 0 Å². The monoisotopic (exact) mass is 434 g/mol. The van der Waals surface area contributed by atoms with E-state index in [0.717, 1.165) is 16.9 Å². The first-order chi connectivity index (χ1) is 15.4. The molecule has 0 atom stereocenters. The number of nitrogens with one attached hydrogen (secondary N) is 1. The number of ether oxygens (including phenoxy) is 3. The largest absolute Gasteiger partial charge is 0.489 e. The van der Waals surface area contributed by atoms with E-state index in [1.54, 1.807) is 12.1 Å². The number of aromatic nitrogens is 1. The van der Waals surface area contributed by atoms with Crippen molar-refractivity contribution in [2.24, 2.45) is 0 Å². The summed E-state index contributed by atoms with van der Waals surface area (Å²) < 4.78 is 16.9. The van der Waals surface area contributed by atoms with Crippen molar-refractivity contribution < 1.29 is 19.0 Å². The van der Waals surface area contributed by atoms with Crippen LogP contribution in [-0.4, -0.2) is 29.7 Å². The fraction of sp³-hybridized carbons (Fsp3) is 0.308. The molecule has 0 radical (unpaired) electrons. The molecule has 0 aliphatic carbocycles. The molecule has 6 heteroatoms. The first-order valence-corrected chi connectivity index (χ1v) is 10.7. The Kier molecular flexibility index (Phi) is 8.22. The number of amides is 1. The van der Waals surface area contributed by atoms with Gasteiger partial charge in [-0.2, -0.15) is 0 Å². The maximum Gasteiger partial charge on any atom is 0.253 e. The molecule has 0 unspecified atom stereocenters. The fourth-order valence-electron chi connectivity index (χ4n) is 2.82. The average molecular weight is 435 g/mol. The molecule has 1 aromatic heterocycles. The van der Waals surface area contributed by atoms with Gasteiger partial charge >= 0.3 is 0 Å². The number of carbonyl (C=O) groups excluding carboxylic acids is 1. The van der Waals surface area contributed by atoms with E-state index in [1.807, 2.05) is 75.4 Å². The Morgan fingerprint density at radius 3 is 2.28 bits per heavy atom. The van der Waals surface area contributed by atoms with Crippen LogP contribution < -0.4 is 14.8 Å². The molecule has 1 N–H and O–H groups in total. The molecule has 0 aliphatic rings. The summed E-state index contributed by atoms with van der Waals surface area (Å²) in [5, 5.41) is 2.90. The minimum absolute atomic E-state index is 0.190. The number of pyridine rings is 1. The van der Waals surface area contributed by atoms with Crippen molar-refractivity contribution in [2.45, 2.75) is 39.5 Å². The first-order valence-electron chi connectivity index (χ1n) is 10.7. The SMILES string of the molecule is CC(C)(C)OCCOc1ccc(C(=O)NCc2ccc(OCc3ccccc3)cc2)cn1. The Labute approximate surface area is 189 Å². The van der Waals surface area contributed by atoms with Gasteiger partial charge in [0.2, 0.25) is 5.88 Å². The van der Waals surface area contributed by atoms with Crippen LogP contribution in [0.2, 0.25) is 0 Å². The molecule has 0 aliphatic heterocycles. The molecule has 1 heterocycles. The maximum atomic E-state index is 12.4. The number of rotatable bonds is 10. The minimum atomic E-state index is -0.200. The summed E-state index contributed by atoms with van der Waals surface area (Å²) in [7, 11) is 0. The Balaban J connectivity index is 1.41. The van der Waals surface area contributed by atoms with E-state index in [1.165, 1.54) is 6.20 Å². The van der Waals surface area contributed by atoms with E-state index in [2.05, 4.69) is 10.3 Å². The number of hydrogen-bond donors (Lipinski definition) is 1. The van der Waals surface area contributed by atoms with E-state index in [0.29, 0.717) is 37.8 Å². The van der Waals surface area contributed by atoms with Gasteiger partial charge in [-0.15, -0.1) is 0 Å². The third-order valence-electron chi connectivity index (χ3n) is 4.49. The predicted octanol–water partition coefficient (Wildman–Crippen LogP) is 4.78. The van der Waals surface area contributed by atoms with Crippen LogP contribution in [-0.2, 0) is 17.9 Å². The fourth-order valence-corrected chi connectivity index (χ4v) is 2.82.